The van der Waals surface area contributed by atoms with Gasteiger partial charge in [0.2, 0.25) is 0 Å². The smallest absolute Gasteiger partial charge is 0.124 e. The monoisotopic (exact) mass is 315 g/mol. The molecule has 122 valence electrons. The van der Waals surface area contributed by atoms with E-state index >= 15 is 0 Å². The maximum Gasteiger partial charge on any atom is 0.124 e. The molecule has 2 atom stereocenters. The molecule has 1 aliphatic rings. The van der Waals surface area contributed by atoms with Crippen LogP contribution in [0.1, 0.15) is 46.0 Å². The Morgan fingerprint density at radius 1 is 1.48 bits per heavy atom. The van der Waals surface area contributed by atoms with Gasteiger partial charge in [0.1, 0.15) is 6.17 Å². The first kappa shape index (κ1) is 20.4. The van der Waals surface area contributed by atoms with Crippen molar-refractivity contribution >= 4 is 12.0 Å². The van der Waals surface area contributed by atoms with E-state index in [0.717, 1.165) is 32.1 Å². The molecule has 0 aliphatic heterocycles. The average molecular weight is 315 g/mol. The second-order valence-electron chi connectivity index (χ2n) is 5.14. The molecule has 21 heavy (non-hydrogen) atoms. The summed E-state index contributed by atoms with van der Waals surface area (Å²) in [5.74, 6) is 0.152. The third kappa shape index (κ3) is 11.7. The van der Waals surface area contributed by atoms with E-state index in [4.69, 9.17) is 4.55 Å². The van der Waals surface area contributed by atoms with E-state index in [1.54, 1.807) is 0 Å². The van der Waals surface area contributed by atoms with Gasteiger partial charge in [0.15, 0.2) is 0 Å². The molecule has 2 nitrogen and oxygen atoms in total. The van der Waals surface area contributed by atoms with E-state index in [-0.39, 0.29) is 5.75 Å². The van der Waals surface area contributed by atoms with Gasteiger partial charge < -0.3 is 9.87 Å². The highest BCUT2D eigenvalue weighted by Gasteiger charge is 2.14. The predicted molar refractivity (Wildman–Crippen MR) is 93.6 cm³/mol. The first-order valence-corrected chi connectivity index (χ1v) is 8.62. The maximum atomic E-state index is 13.2. The number of alkyl halides is 1. The predicted octanol–water partition coefficient (Wildman–Crippen LogP) is 5.15. The van der Waals surface area contributed by atoms with Crippen LogP contribution in [0, 0.1) is 0 Å². The number of allylic oxidation sites excluding steroid dienone is 5. The largest absolute Gasteiger partial charge is 0.330 e. The van der Waals surface area contributed by atoms with E-state index in [0.29, 0.717) is 24.6 Å². The molecule has 4 heteroatoms. The van der Waals surface area contributed by atoms with Crippen LogP contribution >= 0.6 is 12.0 Å². The molecule has 0 aromatic heterocycles. The molecule has 1 aliphatic carbocycles. The molecular formula is C17H30FNOS. The van der Waals surface area contributed by atoms with Crippen LogP contribution < -0.4 is 5.32 Å². The highest BCUT2D eigenvalue weighted by Crippen LogP contribution is 2.20. The molecular weight excluding hydrogens is 285 g/mol. The van der Waals surface area contributed by atoms with Crippen LogP contribution in [0.15, 0.2) is 36.5 Å². The van der Waals surface area contributed by atoms with Crippen LogP contribution in [0.2, 0.25) is 0 Å². The van der Waals surface area contributed by atoms with Gasteiger partial charge in [-0.2, -0.15) is 0 Å². The molecule has 0 aromatic carbocycles. The number of nitrogens with one attached hydrogen (secondary N) is 1. The van der Waals surface area contributed by atoms with Crippen molar-refractivity contribution in [1.82, 2.24) is 5.32 Å². The molecule has 0 spiro atoms. The minimum absolute atomic E-state index is 0.152. The van der Waals surface area contributed by atoms with E-state index in [1.807, 2.05) is 32.1 Å². The van der Waals surface area contributed by atoms with Crippen molar-refractivity contribution in [2.24, 2.45) is 0 Å². The summed E-state index contributed by atoms with van der Waals surface area (Å²) < 4.78 is 21.7. The van der Waals surface area contributed by atoms with E-state index < -0.39 is 6.17 Å². The zero-order chi connectivity index (χ0) is 15.9. The third-order valence-corrected chi connectivity index (χ3v) is 3.90. The Morgan fingerprint density at radius 3 is 2.76 bits per heavy atom. The summed E-state index contributed by atoms with van der Waals surface area (Å²) in [7, 11) is 0. The van der Waals surface area contributed by atoms with Crippen molar-refractivity contribution in [2.75, 3.05) is 12.3 Å². The zero-order valence-corrected chi connectivity index (χ0v) is 14.2. The van der Waals surface area contributed by atoms with Crippen LogP contribution in [0.4, 0.5) is 4.39 Å². The molecule has 2 unspecified atom stereocenters. The Hall–Kier alpha value is -0.580. The minimum atomic E-state index is -0.964. The van der Waals surface area contributed by atoms with Gasteiger partial charge in [0, 0.05) is 12.6 Å². The zero-order valence-electron chi connectivity index (χ0n) is 13.4. The van der Waals surface area contributed by atoms with Gasteiger partial charge in [0.05, 0.1) is 5.75 Å². The fourth-order valence-corrected chi connectivity index (χ4v) is 2.38. The van der Waals surface area contributed by atoms with Crippen molar-refractivity contribution in [3.8, 4) is 0 Å². The first-order chi connectivity index (χ1) is 10.2. The van der Waals surface area contributed by atoms with Crippen molar-refractivity contribution in [3.05, 3.63) is 36.5 Å². The van der Waals surface area contributed by atoms with Crippen molar-refractivity contribution in [1.29, 1.82) is 0 Å². The highest BCUT2D eigenvalue weighted by molar-refractivity contribution is 7.93. The molecule has 0 saturated carbocycles. The van der Waals surface area contributed by atoms with Crippen LogP contribution in [-0.2, 0) is 0 Å². The van der Waals surface area contributed by atoms with Crippen molar-refractivity contribution < 1.29 is 8.94 Å². The standard InChI is InChI=1S/C13H22FNOS.C4H8/c1-2-4-11-5-3-6-13(8-7-11)15-9-12(14)10-17-16;1-3-4-2/h2,5,12-13,15-16H,1,3-4,6-10H2;3-4H,1-2H3/b;4-3-. The SMILES string of the molecule is C/C=C\C.C=CCC1=CCCC(NCC(F)CSO)CC1. The van der Waals surface area contributed by atoms with Gasteiger partial charge in [0.25, 0.3) is 0 Å². The van der Waals surface area contributed by atoms with Gasteiger partial charge in [-0.15, -0.1) is 6.58 Å². The summed E-state index contributed by atoms with van der Waals surface area (Å²) in [6.45, 7) is 8.09. The van der Waals surface area contributed by atoms with E-state index in [2.05, 4.69) is 18.0 Å². The van der Waals surface area contributed by atoms with E-state index in [1.165, 1.54) is 5.57 Å². The average Bonchev–Trinajstić information content (AvgIpc) is 2.72. The number of halogens is 1. The van der Waals surface area contributed by atoms with Gasteiger partial charge in [-0.3, -0.25) is 0 Å². The van der Waals surface area contributed by atoms with Gasteiger partial charge >= 0.3 is 0 Å². The lowest BCUT2D eigenvalue weighted by Gasteiger charge is -2.17. The molecule has 0 saturated heterocycles. The first-order valence-electron chi connectivity index (χ1n) is 7.67. The van der Waals surface area contributed by atoms with E-state index in [9.17, 15) is 4.39 Å². The fourth-order valence-electron chi connectivity index (χ4n) is 2.10. The van der Waals surface area contributed by atoms with Gasteiger partial charge in [-0.05, 0) is 58.0 Å². The topological polar surface area (TPSA) is 32.3 Å². The Kier molecular flexibility index (Phi) is 14.0. The summed E-state index contributed by atoms with van der Waals surface area (Å²) in [6, 6.07) is 0.399. The Labute approximate surface area is 133 Å². The van der Waals surface area contributed by atoms with Crippen LogP contribution in [0.5, 0.6) is 0 Å². The maximum absolute atomic E-state index is 13.2. The summed E-state index contributed by atoms with van der Waals surface area (Å²) in [5.41, 5.74) is 1.45. The lowest BCUT2D eigenvalue weighted by Crippen LogP contribution is -2.34. The molecule has 0 aromatic rings. The highest BCUT2D eigenvalue weighted by atomic mass is 32.2. The minimum Gasteiger partial charge on any atom is -0.330 e. The molecule has 0 heterocycles. The lowest BCUT2D eigenvalue weighted by molar-refractivity contribution is 0.323. The molecule has 0 bridgehead atoms. The number of hydrogen-bond donors (Lipinski definition) is 2. The number of hydrogen-bond acceptors (Lipinski definition) is 3. The molecule has 0 fully saturated rings. The Bertz CT molecular complexity index is 314. The fraction of sp³-hybridized carbons (Fsp3) is 0.647. The van der Waals surface area contributed by atoms with Gasteiger partial charge in [-0.25, -0.2) is 4.39 Å². The second kappa shape index (κ2) is 14.4. The van der Waals surface area contributed by atoms with Crippen LogP contribution in [-0.4, -0.2) is 29.1 Å². The van der Waals surface area contributed by atoms with Crippen LogP contribution in [0.25, 0.3) is 0 Å². The molecule has 0 amide bonds. The lowest BCUT2D eigenvalue weighted by atomic mass is 10.1. The second-order valence-corrected chi connectivity index (χ2v) is 5.73. The third-order valence-electron chi connectivity index (χ3n) is 3.39. The summed E-state index contributed by atoms with van der Waals surface area (Å²) in [5, 5.41) is 3.25. The number of rotatable bonds is 7. The molecule has 1 rings (SSSR count). The molecule has 2 N–H and O–H groups in total. The van der Waals surface area contributed by atoms with Gasteiger partial charge in [-0.1, -0.05) is 29.9 Å². The summed E-state index contributed by atoms with van der Waals surface area (Å²) in [4.78, 5) is 0. The Morgan fingerprint density at radius 2 is 2.19 bits per heavy atom. The van der Waals surface area contributed by atoms with Crippen LogP contribution in [0.3, 0.4) is 0 Å². The quantitative estimate of drug-likeness (QED) is 0.503. The molecule has 0 radical (unpaired) electrons. The Balaban J connectivity index is 0.000000885. The normalized spacial score (nSPS) is 20.2. The van der Waals surface area contributed by atoms with Crippen molar-refractivity contribution in [2.45, 2.75) is 58.2 Å². The summed E-state index contributed by atoms with van der Waals surface area (Å²) in [6.07, 6.45) is 12.5. The van der Waals surface area contributed by atoms with Crippen molar-refractivity contribution in [3.63, 3.8) is 0 Å². The summed E-state index contributed by atoms with van der Waals surface area (Å²) >= 11 is 0.571.